The number of hydrogen-bond donors (Lipinski definition) is 2. The van der Waals surface area contributed by atoms with Crippen molar-refractivity contribution in [2.45, 2.75) is 31.7 Å². The van der Waals surface area contributed by atoms with E-state index >= 15 is 0 Å². The molecule has 1 atom stereocenters. The summed E-state index contributed by atoms with van der Waals surface area (Å²) >= 11 is 0. The topological polar surface area (TPSA) is 85.9 Å². The molecule has 0 saturated carbocycles. The monoisotopic (exact) mass is 412 g/mol. The van der Waals surface area contributed by atoms with Crippen LogP contribution >= 0.6 is 0 Å². The van der Waals surface area contributed by atoms with Crippen LogP contribution in [0.5, 0.6) is 17.2 Å². The van der Waals surface area contributed by atoms with Gasteiger partial charge in [-0.2, -0.15) is 0 Å². The zero-order chi connectivity index (χ0) is 21.5. The Hall–Kier alpha value is -3.22. The lowest BCUT2D eigenvalue weighted by molar-refractivity contribution is -0.121. The minimum absolute atomic E-state index is 0.0354. The number of carbonyl (C=O) groups excluding carboxylic acids is 2. The van der Waals surface area contributed by atoms with Crippen LogP contribution in [0.25, 0.3) is 0 Å². The molecule has 7 nitrogen and oxygen atoms in total. The molecule has 160 valence electrons. The van der Waals surface area contributed by atoms with Crippen molar-refractivity contribution in [1.82, 2.24) is 10.6 Å². The van der Waals surface area contributed by atoms with Gasteiger partial charge in [-0.05, 0) is 42.5 Å². The Morgan fingerprint density at radius 3 is 2.40 bits per heavy atom. The fourth-order valence-corrected chi connectivity index (χ4v) is 3.77. The summed E-state index contributed by atoms with van der Waals surface area (Å²) in [5.41, 5.74) is 2.86. The largest absolute Gasteiger partial charge is 0.493 e. The van der Waals surface area contributed by atoms with Crippen molar-refractivity contribution < 1.29 is 23.8 Å². The molecule has 0 aromatic heterocycles. The molecule has 0 aliphatic heterocycles. The number of aryl methyl sites for hydroxylation is 1. The Bertz CT molecular complexity index is 887. The fraction of sp³-hybridized carbons (Fsp3) is 0.391. The van der Waals surface area contributed by atoms with Crippen molar-refractivity contribution >= 4 is 11.8 Å². The van der Waals surface area contributed by atoms with Gasteiger partial charge < -0.3 is 24.8 Å². The summed E-state index contributed by atoms with van der Waals surface area (Å²) in [6.45, 7) is 0.232. The van der Waals surface area contributed by atoms with Crippen LogP contribution in [0.1, 0.15) is 46.8 Å². The summed E-state index contributed by atoms with van der Waals surface area (Å²) in [6, 6.07) is 11.4. The van der Waals surface area contributed by atoms with Gasteiger partial charge in [0.2, 0.25) is 11.7 Å². The summed E-state index contributed by atoms with van der Waals surface area (Å²) in [7, 11) is 4.49. The van der Waals surface area contributed by atoms with E-state index in [1.807, 2.05) is 12.1 Å². The number of methoxy groups -OCH3 is 3. The highest BCUT2D eigenvalue weighted by molar-refractivity contribution is 5.95. The molecular formula is C23H28N2O5. The number of hydrogen-bond acceptors (Lipinski definition) is 5. The van der Waals surface area contributed by atoms with Crippen LogP contribution in [0.3, 0.4) is 0 Å². The van der Waals surface area contributed by atoms with Gasteiger partial charge in [0.05, 0.1) is 27.4 Å². The van der Waals surface area contributed by atoms with E-state index in [1.165, 1.54) is 32.5 Å². The smallest absolute Gasteiger partial charge is 0.251 e. The summed E-state index contributed by atoms with van der Waals surface area (Å²) in [4.78, 5) is 24.9. The highest BCUT2D eigenvalue weighted by Gasteiger charge is 2.21. The number of fused-ring (bicyclic) bond motifs is 1. The zero-order valence-electron chi connectivity index (χ0n) is 17.6. The third-order valence-electron chi connectivity index (χ3n) is 5.27. The Kier molecular flexibility index (Phi) is 7.17. The number of carbonyl (C=O) groups is 2. The lowest BCUT2D eigenvalue weighted by Crippen LogP contribution is -2.34. The van der Waals surface area contributed by atoms with Crippen molar-refractivity contribution in [3.05, 3.63) is 53.1 Å². The molecule has 0 bridgehead atoms. The number of benzene rings is 2. The van der Waals surface area contributed by atoms with Crippen molar-refractivity contribution in [2.75, 3.05) is 27.9 Å². The Morgan fingerprint density at radius 1 is 1.03 bits per heavy atom. The molecule has 2 aromatic carbocycles. The van der Waals surface area contributed by atoms with E-state index in [9.17, 15) is 9.59 Å². The minimum Gasteiger partial charge on any atom is -0.493 e. The van der Waals surface area contributed by atoms with E-state index in [0.29, 0.717) is 22.8 Å². The first-order chi connectivity index (χ1) is 14.6. The molecule has 30 heavy (non-hydrogen) atoms. The third-order valence-corrected chi connectivity index (χ3v) is 5.27. The third kappa shape index (κ3) is 4.84. The maximum atomic E-state index is 12.5. The van der Waals surface area contributed by atoms with Crippen LogP contribution in [0.2, 0.25) is 0 Å². The summed E-state index contributed by atoms with van der Waals surface area (Å²) in [5, 5.41) is 5.87. The van der Waals surface area contributed by atoms with Gasteiger partial charge in [0.25, 0.3) is 5.91 Å². The molecule has 3 rings (SSSR count). The van der Waals surface area contributed by atoms with Gasteiger partial charge in [-0.25, -0.2) is 0 Å². The van der Waals surface area contributed by atoms with Crippen LogP contribution in [0, 0.1) is 0 Å². The highest BCUT2D eigenvalue weighted by atomic mass is 16.5. The van der Waals surface area contributed by atoms with Crippen molar-refractivity contribution in [1.29, 1.82) is 0 Å². The lowest BCUT2D eigenvalue weighted by Gasteiger charge is -2.26. The van der Waals surface area contributed by atoms with Crippen LogP contribution in [0.15, 0.2) is 36.4 Å². The van der Waals surface area contributed by atoms with Gasteiger partial charge >= 0.3 is 0 Å². The predicted octanol–water partition coefficient (Wildman–Crippen LogP) is 3.03. The highest BCUT2D eigenvalue weighted by Crippen LogP contribution is 2.38. The van der Waals surface area contributed by atoms with Crippen molar-refractivity contribution in [3.63, 3.8) is 0 Å². The summed E-state index contributed by atoms with van der Waals surface area (Å²) < 4.78 is 15.8. The minimum atomic E-state index is -0.315. The molecule has 0 heterocycles. The van der Waals surface area contributed by atoms with E-state index in [1.54, 1.807) is 12.1 Å². The first kappa shape index (κ1) is 21.5. The molecule has 2 aromatic rings. The van der Waals surface area contributed by atoms with Gasteiger partial charge in [-0.15, -0.1) is 0 Å². The zero-order valence-corrected chi connectivity index (χ0v) is 17.6. The molecule has 2 N–H and O–H groups in total. The van der Waals surface area contributed by atoms with E-state index in [2.05, 4.69) is 22.8 Å². The Labute approximate surface area is 176 Å². The number of nitrogens with one attached hydrogen (secondary N) is 2. The number of rotatable bonds is 8. The summed E-state index contributed by atoms with van der Waals surface area (Å²) in [5.74, 6) is 0.821. The van der Waals surface area contributed by atoms with Crippen molar-refractivity contribution in [2.24, 2.45) is 0 Å². The Balaban J connectivity index is 1.55. The number of ether oxygens (including phenoxy) is 3. The molecule has 1 aliphatic carbocycles. The van der Waals surface area contributed by atoms with E-state index in [-0.39, 0.29) is 30.8 Å². The molecule has 1 aliphatic rings. The van der Waals surface area contributed by atoms with Crippen LogP contribution in [-0.2, 0) is 11.2 Å². The van der Waals surface area contributed by atoms with Gasteiger partial charge in [-0.3, -0.25) is 9.59 Å². The number of amides is 2. The molecule has 0 radical (unpaired) electrons. The van der Waals surface area contributed by atoms with Gasteiger partial charge in [0.1, 0.15) is 0 Å². The standard InChI is InChI=1S/C23H28N2O5/c1-28-19-13-16(14-20(29-2)22(19)30-3)23(27)24-12-11-21(26)25-18-10-6-8-15-7-4-5-9-17(15)18/h4-5,7,9,13-14,18H,6,8,10-12H2,1-3H3,(H,24,27)(H,25,26)/t18-/m0/s1. The molecule has 0 saturated heterocycles. The van der Waals surface area contributed by atoms with Gasteiger partial charge in [-0.1, -0.05) is 24.3 Å². The van der Waals surface area contributed by atoms with Crippen molar-refractivity contribution in [3.8, 4) is 17.2 Å². The maximum Gasteiger partial charge on any atom is 0.251 e. The second-order valence-corrected chi connectivity index (χ2v) is 7.13. The van der Waals surface area contributed by atoms with Crippen LogP contribution < -0.4 is 24.8 Å². The molecule has 0 unspecified atom stereocenters. The second-order valence-electron chi connectivity index (χ2n) is 7.13. The maximum absolute atomic E-state index is 12.5. The first-order valence-electron chi connectivity index (χ1n) is 10.0. The molecule has 0 fully saturated rings. The molecule has 0 spiro atoms. The Morgan fingerprint density at radius 2 is 1.73 bits per heavy atom. The average molecular weight is 412 g/mol. The second kappa shape index (κ2) is 10.0. The van der Waals surface area contributed by atoms with E-state index in [4.69, 9.17) is 14.2 Å². The average Bonchev–Trinajstić information content (AvgIpc) is 2.78. The van der Waals surface area contributed by atoms with E-state index in [0.717, 1.165) is 19.3 Å². The fourth-order valence-electron chi connectivity index (χ4n) is 3.77. The molecular weight excluding hydrogens is 384 g/mol. The van der Waals surface area contributed by atoms with Gasteiger partial charge in [0.15, 0.2) is 11.5 Å². The molecule has 7 heteroatoms. The SMILES string of the molecule is COc1cc(C(=O)NCCC(=O)N[C@H]2CCCc3ccccc32)cc(OC)c1OC. The quantitative estimate of drug-likeness (QED) is 0.696. The lowest BCUT2D eigenvalue weighted by atomic mass is 9.88. The van der Waals surface area contributed by atoms with Crippen LogP contribution in [-0.4, -0.2) is 39.7 Å². The first-order valence-corrected chi connectivity index (χ1v) is 10.0. The van der Waals surface area contributed by atoms with Crippen LogP contribution in [0.4, 0.5) is 0 Å². The predicted molar refractivity (Wildman–Crippen MR) is 113 cm³/mol. The summed E-state index contributed by atoms with van der Waals surface area (Å²) in [6.07, 6.45) is 3.24. The van der Waals surface area contributed by atoms with Gasteiger partial charge in [0, 0.05) is 18.5 Å². The normalized spacial score (nSPS) is 15.0. The molecule has 2 amide bonds. The van der Waals surface area contributed by atoms with E-state index < -0.39 is 0 Å².